The summed E-state index contributed by atoms with van der Waals surface area (Å²) in [5, 5.41) is 5.40. The van der Waals surface area contributed by atoms with Gasteiger partial charge in [0.2, 0.25) is 10.0 Å². The first-order chi connectivity index (χ1) is 8.00. The van der Waals surface area contributed by atoms with E-state index in [1.807, 2.05) is 19.4 Å². The molecule has 1 aromatic rings. The largest absolute Gasteiger partial charge is 0.312 e. The molecule has 1 aliphatic carbocycles. The molecule has 1 aliphatic rings. The van der Waals surface area contributed by atoms with Crippen LogP contribution in [0.5, 0.6) is 0 Å². The molecule has 17 heavy (non-hydrogen) atoms. The van der Waals surface area contributed by atoms with E-state index in [4.69, 9.17) is 0 Å². The Morgan fingerprint density at radius 1 is 1.59 bits per heavy atom. The fourth-order valence-corrected chi connectivity index (χ4v) is 4.02. The molecule has 1 fully saturated rings. The number of thiazole rings is 1. The van der Waals surface area contributed by atoms with Gasteiger partial charge in [-0.2, -0.15) is 0 Å². The fraction of sp³-hybridized carbons (Fsp3) is 0.700. The van der Waals surface area contributed by atoms with E-state index < -0.39 is 10.0 Å². The molecule has 0 radical (unpaired) electrons. The average molecular weight is 275 g/mol. The molecule has 0 bridgehead atoms. The third kappa shape index (κ3) is 3.65. The molecule has 7 heteroatoms. The van der Waals surface area contributed by atoms with E-state index in [1.54, 1.807) is 0 Å². The van der Waals surface area contributed by atoms with Crippen LogP contribution in [0.25, 0.3) is 0 Å². The summed E-state index contributed by atoms with van der Waals surface area (Å²) in [6.45, 7) is 1.98. The van der Waals surface area contributed by atoms with Crippen LogP contribution in [0, 0.1) is 5.92 Å². The first-order valence-corrected chi connectivity index (χ1v) is 8.16. The lowest BCUT2D eigenvalue weighted by Crippen LogP contribution is -2.18. The number of sulfonamides is 1. The normalized spacial score (nSPS) is 18.0. The predicted molar refractivity (Wildman–Crippen MR) is 69.7 cm³/mol. The van der Waals surface area contributed by atoms with Gasteiger partial charge in [-0.15, -0.1) is 11.3 Å². The van der Waals surface area contributed by atoms with Crippen LogP contribution in [0.2, 0.25) is 0 Å². The van der Waals surface area contributed by atoms with Gasteiger partial charge in [-0.1, -0.05) is 0 Å². The Bertz CT molecular complexity index is 479. The zero-order valence-corrected chi connectivity index (χ0v) is 11.6. The van der Waals surface area contributed by atoms with Crippen molar-refractivity contribution < 1.29 is 8.42 Å². The highest BCUT2D eigenvalue weighted by Crippen LogP contribution is 2.31. The fourth-order valence-electron chi connectivity index (χ4n) is 1.45. The minimum absolute atomic E-state index is 0.132. The summed E-state index contributed by atoms with van der Waals surface area (Å²) in [6.07, 6.45) is 2.06. The minimum atomic E-state index is -3.21. The van der Waals surface area contributed by atoms with Gasteiger partial charge < -0.3 is 5.32 Å². The maximum atomic E-state index is 11.7. The molecular weight excluding hydrogens is 258 g/mol. The number of hydrogen-bond acceptors (Lipinski definition) is 5. The highest BCUT2D eigenvalue weighted by atomic mass is 32.2. The molecule has 1 unspecified atom stereocenters. The SMILES string of the molecule is CNC(C)c1csc(NS(=O)(=O)CC2CC2)n1. The Kier molecular flexibility index (Phi) is 3.70. The first-order valence-electron chi connectivity index (χ1n) is 5.63. The van der Waals surface area contributed by atoms with Crippen molar-refractivity contribution in [2.75, 3.05) is 17.5 Å². The molecule has 1 aromatic heterocycles. The van der Waals surface area contributed by atoms with Crippen molar-refractivity contribution in [3.05, 3.63) is 11.1 Å². The van der Waals surface area contributed by atoms with Crippen molar-refractivity contribution >= 4 is 26.5 Å². The summed E-state index contributed by atoms with van der Waals surface area (Å²) < 4.78 is 26.0. The third-order valence-electron chi connectivity index (χ3n) is 2.79. The maximum Gasteiger partial charge on any atom is 0.234 e. The summed E-state index contributed by atoms with van der Waals surface area (Å²) in [4.78, 5) is 4.26. The molecule has 0 aliphatic heterocycles. The third-order valence-corrected chi connectivity index (χ3v) is 5.11. The van der Waals surface area contributed by atoms with Crippen LogP contribution in [-0.4, -0.2) is 26.2 Å². The number of nitrogens with one attached hydrogen (secondary N) is 2. The molecular formula is C10H17N3O2S2. The van der Waals surface area contributed by atoms with Gasteiger partial charge >= 0.3 is 0 Å². The monoisotopic (exact) mass is 275 g/mol. The zero-order chi connectivity index (χ0) is 12.5. The van der Waals surface area contributed by atoms with Gasteiger partial charge in [-0.3, -0.25) is 4.72 Å². The van der Waals surface area contributed by atoms with E-state index >= 15 is 0 Å². The standard InChI is InChI=1S/C10H17N3O2S2/c1-7(11-2)9-5-16-10(12-9)13-17(14,15)6-8-3-4-8/h5,7-8,11H,3-4,6H2,1-2H3,(H,12,13). The highest BCUT2D eigenvalue weighted by Gasteiger charge is 2.28. The molecule has 0 aromatic carbocycles. The molecule has 1 saturated carbocycles. The molecule has 0 amide bonds. The van der Waals surface area contributed by atoms with Gasteiger partial charge in [0, 0.05) is 11.4 Å². The van der Waals surface area contributed by atoms with Crippen LogP contribution in [0.4, 0.5) is 5.13 Å². The van der Waals surface area contributed by atoms with Crippen LogP contribution < -0.4 is 10.0 Å². The number of rotatable bonds is 6. The second kappa shape index (κ2) is 4.91. The summed E-state index contributed by atoms with van der Waals surface area (Å²) in [5.74, 6) is 0.576. The van der Waals surface area contributed by atoms with E-state index in [0.29, 0.717) is 11.0 Å². The van der Waals surface area contributed by atoms with Crippen molar-refractivity contribution in [2.24, 2.45) is 5.92 Å². The van der Waals surface area contributed by atoms with E-state index in [9.17, 15) is 8.42 Å². The molecule has 0 saturated heterocycles. The second-order valence-electron chi connectivity index (χ2n) is 4.41. The van der Waals surface area contributed by atoms with Crippen LogP contribution >= 0.6 is 11.3 Å². The molecule has 1 heterocycles. The second-order valence-corrected chi connectivity index (χ2v) is 7.04. The Morgan fingerprint density at radius 2 is 2.29 bits per heavy atom. The predicted octanol–water partition coefficient (Wildman–Crippen LogP) is 1.58. The van der Waals surface area contributed by atoms with Gasteiger partial charge in [0.05, 0.1) is 11.4 Å². The Hall–Kier alpha value is -0.660. The van der Waals surface area contributed by atoms with Crippen LogP contribution in [0.15, 0.2) is 5.38 Å². The van der Waals surface area contributed by atoms with Crippen LogP contribution in [0.3, 0.4) is 0 Å². The lowest BCUT2D eigenvalue weighted by Gasteiger charge is -2.06. The number of aromatic nitrogens is 1. The van der Waals surface area contributed by atoms with Gasteiger partial charge in [0.1, 0.15) is 0 Å². The minimum Gasteiger partial charge on any atom is -0.312 e. The lowest BCUT2D eigenvalue weighted by atomic mass is 10.3. The summed E-state index contributed by atoms with van der Waals surface area (Å²) >= 11 is 1.33. The summed E-state index contributed by atoms with van der Waals surface area (Å²) in [5.41, 5.74) is 0.863. The molecule has 2 N–H and O–H groups in total. The van der Waals surface area contributed by atoms with E-state index in [0.717, 1.165) is 18.5 Å². The molecule has 96 valence electrons. The van der Waals surface area contributed by atoms with Crippen LogP contribution in [0.1, 0.15) is 31.5 Å². The van der Waals surface area contributed by atoms with Crippen molar-refractivity contribution in [1.82, 2.24) is 10.3 Å². The van der Waals surface area contributed by atoms with Crippen molar-refractivity contribution in [3.8, 4) is 0 Å². The average Bonchev–Trinajstić information content (AvgIpc) is 2.93. The zero-order valence-electron chi connectivity index (χ0n) is 9.93. The van der Waals surface area contributed by atoms with E-state index in [-0.39, 0.29) is 11.8 Å². The summed E-state index contributed by atoms with van der Waals surface area (Å²) in [7, 11) is -1.36. The Morgan fingerprint density at radius 3 is 2.88 bits per heavy atom. The van der Waals surface area contributed by atoms with Crippen molar-refractivity contribution in [3.63, 3.8) is 0 Å². The van der Waals surface area contributed by atoms with Crippen LogP contribution in [-0.2, 0) is 10.0 Å². The molecule has 5 nitrogen and oxygen atoms in total. The van der Waals surface area contributed by atoms with Gasteiger partial charge in [0.15, 0.2) is 5.13 Å². The number of hydrogen-bond donors (Lipinski definition) is 2. The highest BCUT2D eigenvalue weighted by molar-refractivity contribution is 7.92. The number of anilines is 1. The number of nitrogens with zero attached hydrogens (tertiary/aromatic N) is 1. The van der Waals surface area contributed by atoms with Gasteiger partial charge in [0.25, 0.3) is 0 Å². The quantitative estimate of drug-likeness (QED) is 0.827. The lowest BCUT2D eigenvalue weighted by molar-refractivity contribution is 0.597. The smallest absolute Gasteiger partial charge is 0.234 e. The summed E-state index contributed by atoms with van der Waals surface area (Å²) in [6, 6.07) is 0.132. The Labute approximate surface area is 106 Å². The van der Waals surface area contributed by atoms with Crippen molar-refractivity contribution in [1.29, 1.82) is 0 Å². The maximum absolute atomic E-state index is 11.7. The van der Waals surface area contributed by atoms with Gasteiger partial charge in [-0.25, -0.2) is 13.4 Å². The topological polar surface area (TPSA) is 71.1 Å². The van der Waals surface area contributed by atoms with Gasteiger partial charge in [-0.05, 0) is 32.7 Å². The molecule has 2 rings (SSSR count). The first kappa shape index (κ1) is 12.8. The van der Waals surface area contributed by atoms with E-state index in [1.165, 1.54) is 11.3 Å². The van der Waals surface area contributed by atoms with E-state index in [2.05, 4.69) is 15.0 Å². The van der Waals surface area contributed by atoms with Crippen molar-refractivity contribution in [2.45, 2.75) is 25.8 Å². The Balaban J connectivity index is 2.00. The molecule has 0 spiro atoms. The molecule has 1 atom stereocenters.